The number of carboxylic acid groups (broad SMARTS) is 1. The zero-order valence-electron chi connectivity index (χ0n) is 12.2. The lowest BCUT2D eigenvalue weighted by atomic mass is 10.1. The lowest BCUT2D eigenvalue weighted by Crippen LogP contribution is -2.45. The summed E-state index contributed by atoms with van der Waals surface area (Å²) in [5.74, 6) is -0.838. The van der Waals surface area contributed by atoms with Crippen LogP contribution in [0.25, 0.3) is 0 Å². The molecule has 0 unspecified atom stereocenters. The molecular weight excluding hydrogens is 288 g/mol. The molecule has 1 aromatic rings. The van der Waals surface area contributed by atoms with Crippen molar-refractivity contribution in [3.8, 4) is 5.75 Å². The zero-order valence-corrected chi connectivity index (χ0v) is 12.2. The summed E-state index contributed by atoms with van der Waals surface area (Å²) in [5.41, 5.74) is 0.643. The van der Waals surface area contributed by atoms with Gasteiger partial charge < -0.3 is 20.1 Å². The Kier molecular flexibility index (Phi) is 4.98. The van der Waals surface area contributed by atoms with Crippen LogP contribution in [0.15, 0.2) is 24.3 Å². The fraction of sp³-hybridized carbons (Fsp3) is 0.400. The van der Waals surface area contributed by atoms with Gasteiger partial charge in [0.05, 0.1) is 12.1 Å². The number of hydrogen-bond donors (Lipinski definition) is 2. The first kappa shape index (κ1) is 15.8. The molecule has 1 atom stereocenters. The van der Waals surface area contributed by atoms with Crippen LogP contribution < -0.4 is 15.0 Å². The van der Waals surface area contributed by atoms with Crippen molar-refractivity contribution in [3.63, 3.8) is 0 Å². The summed E-state index contributed by atoms with van der Waals surface area (Å²) < 4.78 is 5.52. The first-order chi connectivity index (χ1) is 10.5. The van der Waals surface area contributed by atoms with Gasteiger partial charge in [0.25, 0.3) is 5.91 Å². The molecule has 7 heteroatoms. The van der Waals surface area contributed by atoms with Crippen LogP contribution in [-0.4, -0.2) is 42.1 Å². The summed E-state index contributed by atoms with van der Waals surface area (Å²) >= 11 is 0. The highest BCUT2D eigenvalue weighted by Gasteiger charge is 2.31. The van der Waals surface area contributed by atoms with Crippen LogP contribution in [0, 0.1) is 0 Å². The van der Waals surface area contributed by atoms with Crippen LogP contribution in [0.5, 0.6) is 5.75 Å². The van der Waals surface area contributed by atoms with E-state index >= 15 is 0 Å². The number of anilines is 1. The molecule has 1 heterocycles. The van der Waals surface area contributed by atoms with Crippen LogP contribution in [0.1, 0.15) is 19.8 Å². The van der Waals surface area contributed by atoms with Crippen LogP contribution in [0.2, 0.25) is 0 Å². The van der Waals surface area contributed by atoms with Crippen molar-refractivity contribution in [1.29, 1.82) is 0 Å². The third kappa shape index (κ3) is 3.75. The lowest BCUT2D eigenvalue weighted by molar-refractivity contribution is -0.137. The molecule has 0 bridgehead atoms. The number of para-hydroxylation sites is 2. The van der Waals surface area contributed by atoms with Crippen LogP contribution >= 0.6 is 0 Å². The zero-order chi connectivity index (χ0) is 16.1. The van der Waals surface area contributed by atoms with Gasteiger partial charge in [0.2, 0.25) is 5.91 Å². The molecule has 0 aliphatic carbocycles. The summed E-state index contributed by atoms with van der Waals surface area (Å²) in [6.07, 6.45) is -0.612. The Morgan fingerprint density at radius 2 is 2.05 bits per heavy atom. The predicted octanol–water partition coefficient (Wildman–Crippen LogP) is 0.782. The van der Waals surface area contributed by atoms with Crippen molar-refractivity contribution in [1.82, 2.24) is 5.32 Å². The number of carbonyl (C=O) groups is 3. The lowest BCUT2D eigenvalue weighted by Gasteiger charge is -2.32. The number of amides is 2. The van der Waals surface area contributed by atoms with Gasteiger partial charge in [0, 0.05) is 19.5 Å². The van der Waals surface area contributed by atoms with Gasteiger partial charge in [0.15, 0.2) is 6.10 Å². The molecule has 1 aliphatic rings. The Morgan fingerprint density at radius 3 is 2.77 bits per heavy atom. The number of benzene rings is 1. The molecule has 0 radical (unpaired) electrons. The second-order valence-electron chi connectivity index (χ2n) is 4.96. The van der Waals surface area contributed by atoms with Gasteiger partial charge in [-0.1, -0.05) is 12.1 Å². The average molecular weight is 306 g/mol. The van der Waals surface area contributed by atoms with Gasteiger partial charge in [-0.25, -0.2) is 0 Å². The second-order valence-corrected chi connectivity index (χ2v) is 4.96. The van der Waals surface area contributed by atoms with Crippen molar-refractivity contribution in [3.05, 3.63) is 24.3 Å². The monoisotopic (exact) mass is 306 g/mol. The predicted molar refractivity (Wildman–Crippen MR) is 78.8 cm³/mol. The maximum absolute atomic E-state index is 12.2. The Balaban J connectivity index is 1.95. The molecule has 1 aliphatic heterocycles. The Labute approximate surface area is 127 Å². The molecule has 0 spiro atoms. The molecule has 118 valence electrons. The Bertz CT molecular complexity index is 587. The quantitative estimate of drug-likeness (QED) is 0.809. The summed E-state index contributed by atoms with van der Waals surface area (Å²) in [5, 5.41) is 11.0. The van der Waals surface area contributed by atoms with Gasteiger partial charge in [-0.2, -0.15) is 0 Å². The SMILES string of the molecule is C[C@H]1Oc2ccccc2N(CCC(=O)NCCC(=O)O)C1=O. The third-order valence-electron chi connectivity index (χ3n) is 3.30. The number of aliphatic carboxylic acids is 1. The van der Waals surface area contributed by atoms with Gasteiger partial charge in [-0.05, 0) is 19.1 Å². The van der Waals surface area contributed by atoms with Crippen molar-refractivity contribution in [2.75, 3.05) is 18.0 Å². The Hall–Kier alpha value is -2.57. The molecule has 22 heavy (non-hydrogen) atoms. The van der Waals surface area contributed by atoms with Gasteiger partial charge >= 0.3 is 5.97 Å². The molecule has 0 saturated carbocycles. The molecule has 0 aromatic heterocycles. The van der Waals surface area contributed by atoms with E-state index in [1.165, 1.54) is 4.90 Å². The summed E-state index contributed by atoms with van der Waals surface area (Å²) in [6, 6.07) is 7.16. The Morgan fingerprint density at radius 1 is 1.32 bits per heavy atom. The number of rotatable bonds is 6. The molecule has 7 nitrogen and oxygen atoms in total. The van der Waals surface area contributed by atoms with E-state index in [0.29, 0.717) is 11.4 Å². The normalized spacial score (nSPS) is 16.7. The number of carbonyl (C=O) groups excluding carboxylic acids is 2. The molecule has 0 saturated heterocycles. The number of nitrogens with one attached hydrogen (secondary N) is 1. The topological polar surface area (TPSA) is 95.9 Å². The second kappa shape index (κ2) is 6.93. The van der Waals surface area contributed by atoms with E-state index in [9.17, 15) is 14.4 Å². The first-order valence-corrected chi connectivity index (χ1v) is 7.04. The summed E-state index contributed by atoms with van der Waals surface area (Å²) in [4.78, 5) is 35.8. The molecular formula is C15H18N2O5. The number of carboxylic acids is 1. The largest absolute Gasteiger partial charge is 0.481 e. The minimum atomic E-state index is -0.966. The molecule has 2 N–H and O–H groups in total. The summed E-state index contributed by atoms with van der Waals surface area (Å²) in [7, 11) is 0. The highest BCUT2D eigenvalue weighted by atomic mass is 16.5. The van der Waals surface area contributed by atoms with E-state index in [-0.39, 0.29) is 37.7 Å². The number of hydrogen-bond acceptors (Lipinski definition) is 4. The third-order valence-corrected chi connectivity index (χ3v) is 3.30. The maximum atomic E-state index is 12.2. The number of fused-ring (bicyclic) bond motifs is 1. The fourth-order valence-corrected chi connectivity index (χ4v) is 2.20. The van der Waals surface area contributed by atoms with Crippen molar-refractivity contribution in [2.24, 2.45) is 0 Å². The molecule has 1 aromatic carbocycles. The van der Waals surface area contributed by atoms with Gasteiger partial charge in [-0.15, -0.1) is 0 Å². The summed E-state index contributed by atoms with van der Waals surface area (Å²) in [6.45, 7) is 1.97. The van der Waals surface area contributed by atoms with Crippen molar-refractivity contribution in [2.45, 2.75) is 25.9 Å². The highest BCUT2D eigenvalue weighted by molar-refractivity contribution is 6.00. The first-order valence-electron chi connectivity index (χ1n) is 7.04. The van der Waals surface area contributed by atoms with Crippen LogP contribution in [0.3, 0.4) is 0 Å². The van der Waals surface area contributed by atoms with E-state index in [1.807, 2.05) is 6.07 Å². The fourth-order valence-electron chi connectivity index (χ4n) is 2.20. The van der Waals surface area contributed by atoms with E-state index in [2.05, 4.69) is 5.32 Å². The van der Waals surface area contributed by atoms with E-state index in [0.717, 1.165) is 0 Å². The minimum absolute atomic E-state index is 0.0816. The highest BCUT2D eigenvalue weighted by Crippen LogP contribution is 2.33. The number of ether oxygens (including phenoxy) is 1. The molecule has 2 amide bonds. The number of nitrogens with zero attached hydrogens (tertiary/aromatic N) is 1. The van der Waals surface area contributed by atoms with Crippen LogP contribution in [0.4, 0.5) is 5.69 Å². The smallest absolute Gasteiger partial charge is 0.305 e. The van der Waals surface area contributed by atoms with Crippen molar-refractivity contribution < 1.29 is 24.2 Å². The van der Waals surface area contributed by atoms with E-state index < -0.39 is 12.1 Å². The molecule has 2 rings (SSSR count). The van der Waals surface area contributed by atoms with E-state index in [1.54, 1.807) is 25.1 Å². The minimum Gasteiger partial charge on any atom is -0.481 e. The van der Waals surface area contributed by atoms with Crippen LogP contribution in [-0.2, 0) is 14.4 Å². The van der Waals surface area contributed by atoms with Gasteiger partial charge in [-0.3, -0.25) is 14.4 Å². The standard InChI is InChI=1S/C15H18N2O5/c1-10-15(21)17(11-4-2-3-5-12(11)22-10)9-7-13(18)16-8-6-14(19)20/h2-5,10H,6-9H2,1H3,(H,16,18)(H,19,20)/t10-/m1/s1. The van der Waals surface area contributed by atoms with Gasteiger partial charge in [0.1, 0.15) is 5.75 Å². The maximum Gasteiger partial charge on any atom is 0.305 e. The van der Waals surface area contributed by atoms with Crippen molar-refractivity contribution >= 4 is 23.5 Å². The average Bonchev–Trinajstić information content (AvgIpc) is 2.47. The van der Waals surface area contributed by atoms with E-state index in [4.69, 9.17) is 9.84 Å². The molecule has 0 fully saturated rings.